The number of hydrogen-bond acceptors (Lipinski definition) is 2. The Bertz CT molecular complexity index is 383. The molecule has 108 valence electrons. The van der Waals surface area contributed by atoms with Crippen molar-refractivity contribution in [3.05, 3.63) is 18.2 Å². The molecule has 1 aromatic rings. The number of nitrogens with one attached hydrogen (secondary N) is 1. The fourth-order valence-corrected chi connectivity index (χ4v) is 3.49. The van der Waals surface area contributed by atoms with Crippen LogP contribution in [0.4, 0.5) is 0 Å². The summed E-state index contributed by atoms with van der Waals surface area (Å²) in [6.45, 7) is 6.96. The Morgan fingerprint density at radius 2 is 2.21 bits per heavy atom. The lowest BCUT2D eigenvalue weighted by atomic mass is 9.76. The molecule has 1 aliphatic carbocycles. The number of rotatable bonds is 5. The highest BCUT2D eigenvalue weighted by Gasteiger charge is 2.32. The van der Waals surface area contributed by atoms with E-state index in [1.165, 1.54) is 31.5 Å². The van der Waals surface area contributed by atoms with Crippen LogP contribution in [0.5, 0.6) is 0 Å². The molecule has 1 fully saturated rings. The molecule has 2 rings (SSSR count). The molecule has 1 aromatic heterocycles. The normalized spacial score (nSPS) is 27.9. The topological polar surface area (TPSA) is 29.9 Å². The molecule has 3 atom stereocenters. The maximum absolute atomic E-state index is 4.55. The number of nitrogens with zero attached hydrogens (tertiary/aromatic N) is 2. The van der Waals surface area contributed by atoms with Crippen molar-refractivity contribution in [1.82, 2.24) is 14.9 Å². The quantitative estimate of drug-likeness (QED) is 0.882. The van der Waals surface area contributed by atoms with Gasteiger partial charge in [0.1, 0.15) is 5.82 Å². The van der Waals surface area contributed by atoms with E-state index in [1.54, 1.807) is 0 Å². The van der Waals surface area contributed by atoms with Crippen molar-refractivity contribution >= 4 is 0 Å². The zero-order valence-electron chi connectivity index (χ0n) is 12.9. The van der Waals surface area contributed by atoms with Gasteiger partial charge in [0.25, 0.3) is 0 Å². The van der Waals surface area contributed by atoms with Crippen LogP contribution in [0.2, 0.25) is 0 Å². The Morgan fingerprint density at radius 3 is 2.84 bits per heavy atom. The van der Waals surface area contributed by atoms with Gasteiger partial charge in [0.15, 0.2) is 0 Å². The Kier molecular flexibility index (Phi) is 5.03. The molecule has 0 saturated heterocycles. The minimum atomic E-state index is 0.579. The summed E-state index contributed by atoms with van der Waals surface area (Å²) in [6, 6.07) is 1.18. The molecule has 1 saturated carbocycles. The average molecular weight is 263 g/mol. The van der Waals surface area contributed by atoms with Gasteiger partial charge in [-0.25, -0.2) is 4.98 Å². The van der Waals surface area contributed by atoms with Gasteiger partial charge in [-0.1, -0.05) is 20.8 Å². The lowest BCUT2D eigenvalue weighted by Crippen LogP contribution is -2.41. The van der Waals surface area contributed by atoms with Crippen molar-refractivity contribution < 1.29 is 0 Å². The molecule has 0 aromatic carbocycles. The van der Waals surface area contributed by atoms with Crippen molar-refractivity contribution in [2.75, 3.05) is 7.05 Å². The molecule has 1 heterocycles. The first-order valence-corrected chi connectivity index (χ1v) is 7.86. The van der Waals surface area contributed by atoms with Crippen molar-refractivity contribution in [3.8, 4) is 0 Å². The Balaban J connectivity index is 2.19. The first kappa shape index (κ1) is 14.6. The summed E-state index contributed by atoms with van der Waals surface area (Å²) in [5, 5.41) is 3.52. The van der Waals surface area contributed by atoms with Crippen LogP contribution in [0.1, 0.15) is 58.3 Å². The van der Waals surface area contributed by atoms with Crippen molar-refractivity contribution in [3.63, 3.8) is 0 Å². The first-order chi connectivity index (χ1) is 9.17. The van der Waals surface area contributed by atoms with Crippen LogP contribution in [0.25, 0.3) is 0 Å². The summed E-state index contributed by atoms with van der Waals surface area (Å²) in [5.41, 5.74) is 0. The fraction of sp³-hybridized carbons (Fsp3) is 0.812. The predicted molar refractivity (Wildman–Crippen MR) is 80.3 cm³/mol. The second kappa shape index (κ2) is 6.56. The zero-order valence-corrected chi connectivity index (χ0v) is 12.9. The molecule has 0 aliphatic heterocycles. The average Bonchev–Trinajstić information content (AvgIpc) is 2.86. The Morgan fingerprint density at radius 1 is 1.42 bits per heavy atom. The largest absolute Gasteiger partial charge is 0.330 e. The van der Waals surface area contributed by atoms with Crippen molar-refractivity contribution in [2.24, 2.45) is 11.8 Å². The summed E-state index contributed by atoms with van der Waals surface area (Å²) in [6.07, 6.45) is 10.3. The summed E-state index contributed by atoms with van der Waals surface area (Å²) in [7, 11) is 2.10. The summed E-state index contributed by atoms with van der Waals surface area (Å²) < 4.78 is 2.44. The lowest BCUT2D eigenvalue weighted by molar-refractivity contribution is 0.174. The third-order valence-electron chi connectivity index (χ3n) is 4.75. The van der Waals surface area contributed by atoms with E-state index in [-0.39, 0.29) is 0 Å². The van der Waals surface area contributed by atoms with E-state index in [0.717, 1.165) is 18.3 Å². The first-order valence-electron chi connectivity index (χ1n) is 7.86. The molecule has 3 nitrogen and oxygen atoms in total. The number of hydrogen-bond donors (Lipinski definition) is 1. The van der Waals surface area contributed by atoms with E-state index in [9.17, 15) is 0 Å². The molecular weight excluding hydrogens is 234 g/mol. The van der Waals surface area contributed by atoms with Gasteiger partial charge < -0.3 is 9.88 Å². The summed E-state index contributed by atoms with van der Waals surface area (Å²) >= 11 is 0. The minimum Gasteiger partial charge on any atom is -0.330 e. The highest BCUT2D eigenvalue weighted by Crippen LogP contribution is 2.37. The van der Waals surface area contributed by atoms with Crippen LogP contribution in [0, 0.1) is 11.8 Å². The molecule has 3 unspecified atom stereocenters. The number of aryl methyl sites for hydroxylation is 1. The van der Waals surface area contributed by atoms with Crippen LogP contribution in [0.15, 0.2) is 12.4 Å². The smallest absolute Gasteiger partial charge is 0.108 e. The van der Waals surface area contributed by atoms with Gasteiger partial charge in [-0.3, -0.25) is 0 Å². The highest BCUT2D eigenvalue weighted by atomic mass is 15.1. The lowest BCUT2D eigenvalue weighted by Gasteiger charge is -2.39. The SMILES string of the molecule is CCCc1nccn1C1CC(C(C)C)CCC1NC. The monoisotopic (exact) mass is 263 g/mol. The number of imidazole rings is 1. The predicted octanol–water partition coefficient (Wildman–Crippen LogP) is 3.42. The van der Waals surface area contributed by atoms with Crippen LogP contribution in [0.3, 0.4) is 0 Å². The van der Waals surface area contributed by atoms with Gasteiger partial charge in [0.2, 0.25) is 0 Å². The van der Waals surface area contributed by atoms with Crippen LogP contribution >= 0.6 is 0 Å². The molecule has 19 heavy (non-hydrogen) atoms. The molecule has 0 spiro atoms. The zero-order chi connectivity index (χ0) is 13.8. The Hall–Kier alpha value is -0.830. The third kappa shape index (κ3) is 3.19. The van der Waals surface area contributed by atoms with E-state index in [2.05, 4.69) is 48.9 Å². The van der Waals surface area contributed by atoms with E-state index in [1.807, 2.05) is 6.20 Å². The summed E-state index contributed by atoms with van der Waals surface area (Å²) in [4.78, 5) is 4.55. The number of likely N-dealkylation sites (N-methyl/N-ethyl adjacent to an activating group) is 1. The van der Waals surface area contributed by atoms with Crippen LogP contribution in [-0.2, 0) is 6.42 Å². The number of aromatic nitrogens is 2. The van der Waals surface area contributed by atoms with Gasteiger partial charge in [-0.05, 0) is 44.6 Å². The van der Waals surface area contributed by atoms with Gasteiger partial charge in [0.05, 0.1) is 6.04 Å². The van der Waals surface area contributed by atoms with Crippen molar-refractivity contribution in [2.45, 2.75) is 65.0 Å². The second-order valence-corrected chi connectivity index (χ2v) is 6.28. The molecule has 1 N–H and O–H groups in total. The third-order valence-corrected chi connectivity index (χ3v) is 4.75. The van der Waals surface area contributed by atoms with Gasteiger partial charge in [0, 0.05) is 24.9 Å². The summed E-state index contributed by atoms with van der Waals surface area (Å²) in [5.74, 6) is 2.90. The fourth-order valence-electron chi connectivity index (χ4n) is 3.49. The van der Waals surface area contributed by atoms with Crippen molar-refractivity contribution in [1.29, 1.82) is 0 Å². The van der Waals surface area contributed by atoms with Gasteiger partial charge in [-0.2, -0.15) is 0 Å². The highest BCUT2D eigenvalue weighted by molar-refractivity contribution is 5.00. The minimum absolute atomic E-state index is 0.579. The Labute approximate surface area is 117 Å². The van der Waals surface area contributed by atoms with Crippen LogP contribution in [-0.4, -0.2) is 22.6 Å². The maximum Gasteiger partial charge on any atom is 0.108 e. The molecule has 1 aliphatic rings. The maximum atomic E-state index is 4.55. The molecule has 0 bridgehead atoms. The molecule has 3 heteroatoms. The van der Waals surface area contributed by atoms with E-state index < -0.39 is 0 Å². The second-order valence-electron chi connectivity index (χ2n) is 6.28. The van der Waals surface area contributed by atoms with Gasteiger partial charge in [-0.15, -0.1) is 0 Å². The van der Waals surface area contributed by atoms with E-state index in [4.69, 9.17) is 0 Å². The van der Waals surface area contributed by atoms with Gasteiger partial charge >= 0.3 is 0 Å². The van der Waals surface area contributed by atoms with E-state index in [0.29, 0.717) is 12.1 Å². The molecule has 0 radical (unpaired) electrons. The molecule has 0 amide bonds. The van der Waals surface area contributed by atoms with Crippen LogP contribution < -0.4 is 5.32 Å². The van der Waals surface area contributed by atoms with E-state index >= 15 is 0 Å². The standard InChI is InChI=1S/C16H29N3/c1-5-6-16-18-9-10-19(16)15-11-13(12(2)3)7-8-14(15)17-4/h9-10,12-15,17H,5-8,11H2,1-4H3. The molecular formula is C16H29N3.